The van der Waals surface area contributed by atoms with Crippen LogP contribution in [-0.4, -0.2) is 0 Å². The third-order valence-corrected chi connectivity index (χ3v) is 9.35. The molecule has 6 aliphatic carbocycles. The monoisotopic (exact) mass is 352 g/mol. The summed E-state index contributed by atoms with van der Waals surface area (Å²) in [5.41, 5.74) is 3.03. The molecule has 0 nitrogen and oxygen atoms in total. The fraction of sp³-hybridized carbons (Fsp3) is 0.769. The summed E-state index contributed by atoms with van der Waals surface area (Å²) >= 11 is 0. The van der Waals surface area contributed by atoms with Gasteiger partial charge in [0.15, 0.2) is 0 Å². The molecular formula is C26H40. The summed E-state index contributed by atoms with van der Waals surface area (Å²) in [6.07, 6.45) is 24.9. The van der Waals surface area contributed by atoms with Crippen molar-refractivity contribution in [3.63, 3.8) is 0 Å². The van der Waals surface area contributed by atoms with Crippen molar-refractivity contribution in [3.8, 4) is 0 Å². The van der Waals surface area contributed by atoms with E-state index in [4.69, 9.17) is 0 Å². The maximum atomic E-state index is 2.49. The van der Waals surface area contributed by atoms with Crippen LogP contribution in [-0.2, 0) is 0 Å². The summed E-state index contributed by atoms with van der Waals surface area (Å²) in [6, 6.07) is 0. The van der Waals surface area contributed by atoms with Gasteiger partial charge in [-0.25, -0.2) is 0 Å². The zero-order valence-corrected chi connectivity index (χ0v) is 17.6. The molecule has 4 saturated carbocycles. The molecule has 0 N–H and O–H groups in total. The van der Waals surface area contributed by atoms with Gasteiger partial charge in [0.05, 0.1) is 0 Å². The van der Waals surface area contributed by atoms with Gasteiger partial charge >= 0.3 is 0 Å². The predicted octanol–water partition coefficient (Wildman–Crippen LogP) is 7.72. The first-order valence-electron chi connectivity index (χ1n) is 11.4. The number of fused-ring (bicyclic) bond motifs is 6. The Morgan fingerprint density at radius 1 is 0.808 bits per heavy atom. The molecule has 0 amide bonds. The van der Waals surface area contributed by atoms with Crippen LogP contribution < -0.4 is 0 Å². The smallest absolute Gasteiger partial charge is 0.00174 e. The Balaban J connectivity index is 0.0000000984. The van der Waals surface area contributed by atoms with Crippen molar-refractivity contribution in [2.75, 3.05) is 0 Å². The van der Waals surface area contributed by atoms with E-state index in [-0.39, 0.29) is 0 Å². The van der Waals surface area contributed by atoms with Gasteiger partial charge in [-0.15, -0.1) is 0 Å². The van der Waals surface area contributed by atoms with E-state index in [1.807, 2.05) is 0 Å². The minimum absolute atomic E-state index is 0.660. The molecule has 4 atom stereocenters. The van der Waals surface area contributed by atoms with E-state index in [2.05, 4.69) is 58.1 Å². The van der Waals surface area contributed by atoms with Crippen LogP contribution in [0.3, 0.4) is 0 Å². The quantitative estimate of drug-likeness (QED) is 0.391. The lowest BCUT2D eigenvalue weighted by molar-refractivity contribution is 0.152. The number of rotatable bonds is 0. The van der Waals surface area contributed by atoms with E-state index < -0.39 is 0 Å². The van der Waals surface area contributed by atoms with E-state index in [0.717, 1.165) is 29.6 Å². The van der Waals surface area contributed by atoms with E-state index >= 15 is 0 Å². The van der Waals surface area contributed by atoms with Crippen molar-refractivity contribution in [1.29, 1.82) is 0 Å². The van der Waals surface area contributed by atoms with Gasteiger partial charge in [0.2, 0.25) is 0 Å². The van der Waals surface area contributed by atoms with E-state index in [1.165, 1.54) is 57.8 Å². The summed E-state index contributed by atoms with van der Waals surface area (Å²) < 4.78 is 0. The Morgan fingerprint density at radius 3 is 1.62 bits per heavy atom. The first-order chi connectivity index (χ1) is 12.4. The summed E-state index contributed by atoms with van der Waals surface area (Å²) in [5, 5.41) is 0. The lowest BCUT2D eigenvalue weighted by Gasteiger charge is -2.34. The van der Waals surface area contributed by atoms with Gasteiger partial charge in [-0.1, -0.05) is 56.7 Å². The largest absolute Gasteiger partial charge is 0.0878 e. The molecule has 0 aliphatic heterocycles. The fourth-order valence-electron chi connectivity index (χ4n) is 6.82. The third-order valence-electron chi connectivity index (χ3n) is 9.35. The third kappa shape index (κ3) is 3.27. The molecule has 6 bridgehead atoms. The van der Waals surface area contributed by atoms with Gasteiger partial charge in [0.1, 0.15) is 0 Å². The van der Waals surface area contributed by atoms with Crippen molar-refractivity contribution >= 4 is 0 Å². The highest BCUT2D eigenvalue weighted by Gasteiger charge is 2.55. The van der Waals surface area contributed by atoms with E-state index in [1.54, 1.807) is 5.57 Å². The Kier molecular flexibility index (Phi) is 4.99. The molecule has 144 valence electrons. The summed E-state index contributed by atoms with van der Waals surface area (Å²) in [4.78, 5) is 0. The second-order valence-corrected chi connectivity index (χ2v) is 10.8. The first-order valence-corrected chi connectivity index (χ1v) is 11.4. The van der Waals surface area contributed by atoms with E-state index in [9.17, 15) is 0 Å². The molecule has 6 aliphatic rings. The van der Waals surface area contributed by atoms with Crippen LogP contribution in [0.25, 0.3) is 0 Å². The summed E-state index contributed by atoms with van der Waals surface area (Å²) in [7, 11) is 0. The highest BCUT2D eigenvalue weighted by Crippen LogP contribution is 2.65. The standard InChI is InChI=1S/C10H18.C9H12.C7H10/c1-9(2)8-4-6-10(9,3)7-5-8;1-2-8-5-7-3-4-9(8)6-7;1-2-7-4-3-6(1)5-7/h8H,4-7H2,1-3H3;2-4,7,9H,5-6H2,1H3;1-2,6-7H,3-5H2. The lowest BCUT2D eigenvalue weighted by atomic mass is 9.71. The molecule has 4 unspecified atom stereocenters. The molecule has 0 spiro atoms. The molecule has 0 heteroatoms. The average molecular weight is 353 g/mol. The van der Waals surface area contributed by atoms with Gasteiger partial charge in [0.25, 0.3) is 0 Å². The van der Waals surface area contributed by atoms with Gasteiger partial charge < -0.3 is 0 Å². The number of hydrogen-bond donors (Lipinski definition) is 0. The van der Waals surface area contributed by atoms with Gasteiger partial charge in [-0.2, -0.15) is 0 Å². The molecule has 0 heterocycles. The van der Waals surface area contributed by atoms with Gasteiger partial charge in [-0.3, -0.25) is 0 Å². The number of hydrogen-bond acceptors (Lipinski definition) is 0. The lowest BCUT2D eigenvalue weighted by Crippen LogP contribution is -2.26. The molecule has 0 aromatic carbocycles. The maximum Gasteiger partial charge on any atom is -0.00174 e. The Labute approximate surface area is 162 Å². The highest BCUT2D eigenvalue weighted by molar-refractivity contribution is 5.26. The van der Waals surface area contributed by atoms with Gasteiger partial charge in [-0.05, 0) is 105 Å². The maximum absolute atomic E-state index is 2.49. The van der Waals surface area contributed by atoms with E-state index in [0.29, 0.717) is 10.8 Å². The van der Waals surface area contributed by atoms with Crippen molar-refractivity contribution in [3.05, 3.63) is 36.0 Å². The highest BCUT2D eigenvalue weighted by atomic mass is 14.6. The molecule has 26 heavy (non-hydrogen) atoms. The van der Waals surface area contributed by atoms with Crippen molar-refractivity contribution in [1.82, 2.24) is 0 Å². The topological polar surface area (TPSA) is 0 Å². The molecule has 0 aromatic rings. The Bertz CT molecular complexity index is 579. The Morgan fingerprint density at radius 2 is 1.42 bits per heavy atom. The molecule has 6 rings (SSSR count). The second kappa shape index (κ2) is 6.99. The van der Waals surface area contributed by atoms with Crippen LogP contribution in [0.2, 0.25) is 0 Å². The summed E-state index contributed by atoms with van der Waals surface area (Å²) in [6.45, 7) is 9.58. The SMILES string of the molecule is C1=CC2CCC1C2.CC12CCC(CC1)C2(C)C.CC=C1CC2C=CC1C2. The van der Waals surface area contributed by atoms with Gasteiger partial charge in [0, 0.05) is 0 Å². The minimum atomic E-state index is 0.660. The number of allylic oxidation sites excluding steroid dienone is 6. The molecule has 0 radical (unpaired) electrons. The normalized spacial score (nSPS) is 46.5. The van der Waals surface area contributed by atoms with Crippen LogP contribution in [0.4, 0.5) is 0 Å². The van der Waals surface area contributed by atoms with Crippen LogP contribution >= 0.6 is 0 Å². The molecule has 0 aromatic heterocycles. The zero-order chi connectivity index (χ0) is 18.4. The van der Waals surface area contributed by atoms with Crippen molar-refractivity contribution < 1.29 is 0 Å². The first kappa shape index (κ1) is 18.6. The van der Waals surface area contributed by atoms with Crippen LogP contribution in [0.15, 0.2) is 36.0 Å². The molecule has 0 saturated heterocycles. The van der Waals surface area contributed by atoms with Crippen LogP contribution in [0, 0.1) is 40.4 Å². The second-order valence-electron chi connectivity index (χ2n) is 10.8. The minimum Gasteiger partial charge on any atom is -0.0878 e. The van der Waals surface area contributed by atoms with Crippen LogP contribution in [0.1, 0.15) is 85.5 Å². The average Bonchev–Trinajstić information content (AvgIpc) is 3.47. The Hall–Kier alpha value is -0.780. The van der Waals surface area contributed by atoms with Crippen molar-refractivity contribution in [2.45, 2.75) is 85.5 Å². The van der Waals surface area contributed by atoms with Crippen LogP contribution in [0.5, 0.6) is 0 Å². The summed E-state index contributed by atoms with van der Waals surface area (Å²) in [5.74, 6) is 4.77. The molecule has 4 fully saturated rings. The fourth-order valence-corrected chi connectivity index (χ4v) is 6.82. The predicted molar refractivity (Wildman–Crippen MR) is 113 cm³/mol. The molecular weight excluding hydrogens is 312 g/mol. The van der Waals surface area contributed by atoms with Crippen molar-refractivity contribution in [2.24, 2.45) is 40.4 Å². The zero-order valence-electron chi connectivity index (χ0n) is 17.6.